The molecule has 0 atom stereocenters. The van der Waals surface area contributed by atoms with Gasteiger partial charge in [0.25, 0.3) is 0 Å². The van der Waals surface area contributed by atoms with Gasteiger partial charge in [0.2, 0.25) is 0 Å². The van der Waals surface area contributed by atoms with Gasteiger partial charge in [-0.25, -0.2) is 0 Å². The normalized spacial score (nSPS) is 19.5. The summed E-state index contributed by atoms with van der Waals surface area (Å²) in [6.07, 6.45) is 3.82. The van der Waals surface area contributed by atoms with E-state index >= 15 is 0 Å². The van der Waals surface area contributed by atoms with Crippen LogP contribution in [-0.4, -0.2) is 29.4 Å². The summed E-state index contributed by atoms with van der Waals surface area (Å²) in [4.78, 5) is 7.13. The summed E-state index contributed by atoms with van der Waals surface area (Å²) in [7, 11) is 0. The van der Waals surface area contributed by atoms with Crippen molar-refractivity contribution in [1.29, 1.82) is 0 Å². The highest BCUT2D eigenvalue weighted by atomic mass is 15.2. The van der Waals surface area contributed by atoms with Gasteiger partial charge in [-0.15, -0.1) is 0 Å². The van der Waals surface area contributed by atoms with Gasteiger partial charge in [0, 0.05) is 25.0 Å². The van der Waals surface area contributed by atoms with Crippen molar-refractivity contribution in [3.8, 4) is 0 Å². The molecule has 15 heavy (non-hydrogen) atoms. The van der Waals surface area contributed by atoms with Crippen LogP contribution in [0.2, 0.25) is 0 Å². The molecule has 0 N–H and O–H groups in total. The lowest BCUT2D eigenvalue weighted by atomic mass is 10.1. The Hall–Kier alpha value is -0.530. The first-order valence-corrected chi connectivity index (χ1v) is 6.44. The van der Waals surface area contributed by atoms with Gasteiger partial charge in [-0.05, 0) is 40.5 Å². The topological polar surface area (TPSA) is 15.6 Å². The van der Waals surface area contributed by atoms with Crippen LogP contribution in [0.3, 0.4) is 0 Å². The second-order valence-electron chi connectivity index (χ2n) is 4.38. The summed E-state index contributed by atoms with van der Waals surface area (Å²) in [5.41, 5.74) is 0. The monoisotopic (exact) mass is 212 g/mol. The van der Waals surface area contributed by atoms with E-state index in [-0.39, 0.29) is 0 Å². The molecule has 2 heteroatoms. The number of likely N-dealkylation sites (tertiary alicyclic amines) is 1. The van der Waals surface area contributed by atoms with E-state index < -0.39 is 0 Å². The smallest absolute Gasteiger partial charge is 0.0994 e. The number of hydrogen-bond donors (Lipinski definition) is 0. The molecule has 0 radical (unpaired) electrons. The highest BCUT2D eigenvalue weighted by molar-refractivity contribution is 5.83. The lowest BCUT2D eigenvalue weighted by Crippen LogP contribution is -2.40. The predicted molar refractivity (Wildman–Crippen MR) is 69.6 cm³/mol. The Kier molecular flexibility index (Phi) is 7.45. The third-order valence-corrected chi connectivity index (χ3v) is 2.41. The van der Waals surface area contributed by atoms with Crippen LogP contribution in [0.5, 0.6) is 0 Å². The van der Waals surface area contributed by atoms with Gasteiger partial charge in [-0.3, -0.25) is 4.99 Å². The first kappa shape index (κ1) is 14.5. The zero-order valence-electron chi connectivity index (χ0n) is 11.4. The number of amidine groups is 1. The number of hydrogen-bond acceptors (Lipinski definition) is 1. The summed E-state index contributed by atoms with van der Waals surface area (Å²) >= 11 is 0. The van der Waals surface area contributed by atoms with Crippen LogP contribution in [0, 0.1) is 0 Å². The summed E-state index contributed by atoms with van der Waals surface area (Å²) in [6.45, 7) is 14.0. The fourth-order valence-electron chi connectivity index (χ4n) is 1.83. The van der Waals surface area contributed by atoms with E-state index in [1.165, 1.54) is 31.6 Å². The van der Waals surface area contributed by atoms with Gasteiger partial charge in [0.15, 0.2) is 0 Å². The average Bonchev–Trinajstić information content (AvgIpc) is 2.20. The summed E-state index contributed by atoms with van der Waals surface area (Å²) in [5, 5.41) is 0. The van der Waals surface area contributed by atoms with Crippen molar-refractivity contribution < 1.29 is 0 Å². The van der Waals surface area contributed by atoms with E-state index in [4.69, 9.17) is 0 Å². The van der Waals surface area contributed by atoms with Crippen molar-refractivity contribution in [2.24, 2.45) is 4.99 Å². The van der Waals surface area contributed by atoms with Gasteiger partial charge in [0.1, 0.15) is 0 Å². The maximum absolute atomic E-state index is 4.68. The number of aliphatic imine (C=N–C) groups is 1. The number of nitrogens with zero attached hydrogens (tertiary/aromatic N) is 2. The minimum Gasteiger partial charge on any atom is -0.358 e. The molecule has 1 saturated heterocycles. The van der Waals surface area contributed by atoms with Crippen LogP contribution in [0.25, 0.3) is 0 Å². The predicted octanol–water partition coefficient (Wildman–Crippen LogP) is 3.71. The van der Waals surface area contributed by atoms with Crippen LogP contribution < -0.4 is 0 Å². The van der Waals surface area contributed by atoms with Crippen molar-refractivity contribution in [2.45, 2.75) is 72.9 Å². The van der Waals surface area contributed by atoms with Crippen LogP contribution in [0.4, 0.5) is 0 Å². The Bertz CT molecular complexity index is 183. The minimum atomic E-state index is 0.439. The molecule has 0 aliphatic carbocycles. The standard InChI is InChI=1S/C11H22N2.C2H6/c1-9(2)12-11-7-5-6-8-13(11)10(3)4;1-2/h9-10H,5-8H2,1-4H3;1-2H3. The van der Waals surface area contributed by atoms with E-state index in [0.717, 1.165) is 0 Å². The van der Waals surface area contributed by atoms with Gasteiger partial charge in [-0.1, -0.05) is 13.8 Å². The molecule has 2 nitrogen and oxygen atoms in total. The van der Waals surface area contributed by atoms with E-state index in [1.54, 1.807) is 0 Å². The van der Waals surface area contributed by atoms with Crippen molar-refractivity contribution in [2.75, 3.05) is 6.54 Å². The van der Waals surface area contributed by atoms with Crippen LogP contribution >= 0.6 is 0 Å². The van der Waals surface area contributed by atoms with Gasteiger partial charge in [-0.2, -0.15) is 0 Å². The Morgan fingerprint density at radius 1 is 1.07 bits per heavy atom. The third kappa shape index (κ3) is 5.19. The summed E-state index contributed by atoms with van der Waals surface area (Å²) in [5.74, 6) is 1.33. The van der Waals surface area contributed by atoms with E-state index in [1.807, 2.05) is 13.8 Å². The molecule has 0 amide bonds. The maximum atomic E-state index is 4.68. The Balaban J connectivity index is 0.000000921. The molecule has 0 spiro atoms. The van der Waals surface area contributed by atoms with Crippen LogP contribution in [0.15, 0.2) is 4.99 Å². The zero-order valence-corrected chi connectivity index (χ0v) is 11.4. The second-order valence-corrected chi connectivity index (χ2v) is 4.38. The highest BCUT2D eigenvalue weighted by Gasteiger charge is 2.18. The molecule has 1 rings (SSSR count). The molecule has 1 heterocycles. The van der Waals surface area contributed by atoms with Gasteiger partial charge in [0.05, 0.1) is 5.84 Å². The molecule has 0 saturated carbocycles. The van der Waals surface area contributed by atoms with Gasteiger partial charge >= 0.3 is 0 Å². The lowest BCUT2D eigenvalue weighted by molar-refractivity contribution is 0.311. The SMILES string of the molecule is CC.CC(C)N=C1CCCCN1C(C)C. The molecule has 1 aliphatic rings. The van der Waals surface area contributed by atoms with Crippen molar-refractivity contribution in [1.82, 2.24) is 4.90 Å². The molecule has 0 unspecified atom stereocenters. The average molecular weight is 212 g/mol. The maximum Gasteiger partial charge on any atom is 0.0994 e. The first-order chi connectivity index (χ1) is 7.11. The Labute approximate surface area is 95.8 Å². The van der Waals surface area contributed by atoms with Crippen molar-refractivity contribution in [3.63, 3.8) is 0 Å². The minimum absolute atomic E-state index is 0.439. The molecule has 90 valence electrons. The third-order valence-electron chi connectivity index (χ3n) is 2.41. The molecule has 0 bridgehead atoms. The molecular formula is C13H28N2. The van der Waals surface area contributed by atoms with E-state index in [2.05, 4.69) is 37.6 Å². The summed E-state index contributed by atoms with van der Waals surface area (Å²) < 4.78 is 0. The molecule has 1 aliphatic heterocycles. The quantitative estimate of drug-likeness (QED) is 0.681. The molecular weight excluding hydrogens is 184 g/mol. The molecule has 1 fully saturated rings. The lowest BCUT2D eigenvalue weighted by Gasteiger charge is -2.34. The largest absolute Gasteiger partial charge is 0.358 e. The highest BCUT2D eigenvalue weighted by Crippen LogP contribution is 2.15. The zero-order chi connectivity index (χ0) is 11.8. The van der Waals surface area contributed by atoms with E-state index in [9.17, 15) is 0 Å². The van der Waals surface area contributed by atoms with Crippen molar-refractivity contribution in [3.05, 3.63) is 0 Å². The van der Waals surface area contributed by atoms with Crippen LogP contribution in [0.1, 0.15) is 60.8 Å². The van der Waals surface area contributed by atoms with Crippen LogP contribution in [-0.2, 0) is 0 Å². The molecule has 0 aromatic carbocycles. The first-order valence-electron chi connectivity index (χ1n) is 6.44. The second kappa shape index (κ2) is 7.72. The number of piperidine rings is 1. The fraction of sp³-hybridized carbons (Fsp3) is 0.923. The Morgan fingerprint density at radius 3 is 2.13 bits per heavy atom. The summed E-state index contributed by atoms with van der Waals surface area (Å²) in [6, 6.07) is 1.05. The molecule has 0 aromatic heterocycles. The number of rotatable bonds is 2. The van der Waals surface area contributed by atoms with E-state index in [0.29, 0.717) is 12.1 Å². The molecule has 0 aromatic rings. The van der Waals surface area contributed by atoms with Crippen molar-refractivity contribution >= 4 is 5.84 Å². The fourth-order valence-corrected chi connectivity index (χ4v) is 1.83. The van der Waals surface area contributed by atoms with Gasteiger partial charge < -0.3 is 4.90 Å². The Morgan fingerprint density at radius 2 is 1.67 bits per heavy atom.